The Balaban J connectivity index is 2.06. The van der Waals surface area contributed by atoms with Gasteiger partial charge in [-0.2, -0.15) is 5.26 Å². The molecular formula is C24H29N3O. The van der Waals surface area contributed by atoms with E-state index < -0.39 is 5.91 Å². The minimum atomic E-state index is -0.419. The molecular weight excluding hydrogens is 346 g/mol. The summed E-state index contributed by atoms with van der Waals surface area (Å²) < 4.78 is 0. The van der Waals surface area contributed by atoms with E-state index in [1.807, 2.05) is 48.5 Å². The van der Waals surface area contributed by atoms with Crippen LogP contribution in [0.1, 0.15) is 57.1 Å². The number of hydrogen-bond acceptors (Lipinski definition) is 3. The maximum absolute atomic E-state index is 12.5. The lowest BCUT2D eigenvalue weighted by Crippen LogP contribution is -2.14. The van der Waals surface area contributed by atoms with Crippen LogP contribution in [0.15, 0.2) is 60.3 Å². The van der Waals surface area contributed by atoms with Gasteiger partial charge in [-0.1, -0.05) is 57.5 Å². The van der Waals surface area contributed by atoms with Gasteiger partial charge in [-0.3, -0.25) is 4.79 Å². The number of para-hydroxylation sites is 1. The van der Waals surface area contributed by atoms with Gasteiger partial charge in [0, 0.05) is 17.6 Å². The summed E-state index contributed by atoms with van der Waals surface area (Å²) in [4.78, 5) is 12.5. The lowest BCUT2D eigenvalue weighted by Gasteiger charge is -2.14. The van der Waals surface area contributed by atoms with Gasteiger partial charge in [0.05, 0.1) is 0 Å². The monoisotopic (exact) mass is 375 g/mol. The van der Waals surface area contributed by atoms with Crippen molar-refractivity contribution in [1.29, 1.82) is 5.26 Å². The Bertz CT molecular complexity index is 847. The number of amides is 1. The number of carbonyl (C=O) groups is 1. The molecule has 4 heteroatoms. The highest BCUT2D eigenvalue weighted by Gasteiger charge is 2.11. The van der Waals surface area contributed by atoms with Crippen LogP contribution in [0.4, 0.5) is 11.4 Å². The Morgan fingerprint density at radius 2 is 1.86 bits per heavy atom. The normalized spacial score (nSPS) is 12.1. The standard InChI is InChI=1S/C24H29N3O/c1-4-6-9-19-12-14-21(15-13-19)27-24(28)20(16-25)17-26-23-11-8-7-10-22(23)18(3)5-2/h7-8,10-15,17-18,26H,4-6,9H2,1-3H3,(H,27,28)/b20-17-. The van der Waals surface area contributed by atoms with Gasteiger partial charge < -0.3 is 10.6 Å². The van der Waals surface area contributed by atoms with Gasteiger partial charge in [0.1, 0.15) is 11.6 Å². The van der Waals surface area contributed by atoms with E-state index in [9.17, 15) is 10.1 Å². The van der Waals surface area contributed by atoms with E-state index >= 15 is 0 Å². The van der Waals surface area contributed by atoms with Crippen LogP contribution in [0.25, 0.3) is 0 Å². The number of carbonyl (C=O) groups excluding carboxylic acids is 1. The second-order valence-corrected chi connectivity index (χ2v) is 6.97. The Labute approximate surface area is 168 Å². The molecule has 2 aromatic rings. The number of nitrogens with zero attached hydrogens (tertiary/aromatic N) is 1. The average Bonchev–Trinajstić information content (AvgIpc) is 2.73. The van der Waals surface area contributed by atoms with E-state index in [1.54, 1.807) is 0 Å². The molecule has 2 rings (SSSR count). The van der Waals surface area contributed by atoms with Gasteiger partial charge in [0.25, 0.3) is 5.91 Å². The average molecular weight is 376 g/mol. The molecule has 0 aromatic heterocycles. The van der Waals surface area contributed by atoms with E-state index in [-0.39, 0.29) is 5.57 Å². The zero-order chi connectivity index (χ0) is 20.4. The zero-order valence-corrected chi connectivity index (χ0v) is 17.0. The van der Waals surface area contributed by atoms with Crippen LogP contribution < -0.4 is 10.6 Å². The summed E-state index contributed by atoms with van der Waals surface area (Å²) in [7, 11) is 0. The number of anilines is 2. The fraction of sp³-hybridized carbons (Fsp3) is 0.333. The van der Waals surface area contributed by atoms with Crippen molar-refractivity contribution < 1.29 is 4.79 Å². The smallest absolute Gasteiger partial charge is 0.267 e. The lowest BCUT2D eigenvalue weighted by molar-refractivity contribution is -0.112. The zero-order valence-electron chi connectivity index (χ0n) is 17.0. The molecule has 2 N–H and O–H groups in total. The summed E-state index contributed by atoms with van der Waals surface area (Å²) in [5.41, 5.74) is 4.05. The molecule has 0 heterocycles. The van der Waals surface area contributed by atoms with Crippen molar-refractivity contribution in [3.05, 3.63) is 71.4 Å². The largest absolute Gasteiger partial charge is 0.360 e. The Morgan fingerprint density at radius 3 is 2.50 bits per heavy atom. The molecule has 0 aliphatic carbocycles. The summed E-state index contributed by atoms with van der Waals surface area (Å²) in [5, 5.41) is 15.3. The van der Waals surface area contributed by atoms with Gasteiger partial charge in [0.15, 0.2) is 0 Å². The highest BCUT2D eigenvalue weighted by Crippen LogP contribution is 2.26. The molecule has 4 nitrogen and oxygen atoms in total. The molecule has 1 atom stereocenters. The number of nitrogens with one attached hydrogen (secondary N) is 2. The Kier molecular flexibility index (Phi) is 8.30. The van der Waals surface area contributed by atoms with Gasteiger partial charge in [-0.05, 0) is 54.5 Å². The minimum absolute atomic E-state index is 0.0361. The van der Waals surface area contributed by atoms with Crippen molar-refractivity contribution in [2.45, 2.75) is 52.4 Å². The van der Waals surface area contributed by atoms with Crippen molar-refractivity contribution in [1.82, 2.24) is 0 Å². The number of rotatable bonds is 9. The number of benzene rings is 2. The molecule has 0 bridgehead atoms. The summed E-state index contributed by atoms with van der Waals surface area (Å²) >= 11 is 0. The first-order valence-corrected chi connectivity index (χ1v) is 9.95. The molecule has 0 saturated heterocycles. The van der Waals surface area contributed by atoms with E-state index in [4.69, 9.17) is 0 Å². The van der Waals surface area contributed by atoms with Crippen LogP contribution >= 0.6 is 0 Å². The third-order valence-corrected chi connectivity index (χ3v) is 4.87. The summed E-state index contributed by atoms with van der Waals surface area (Å²) in [5.74, 6) is -0.0278. The number of unbranched alkanes of at least 4 members (excludes halogenated alkanes) is 1. The van der Waals surface area contributed by atoms with Gasteiger partial charge in [-0.15, -0.1) is 0 Å². The van der Waals surface area contributed by atoms with Gasteiger partial charge in [0.2, 0.25) is 0 Å². The van der Waals surface area contributed by atoms with Gasteiger partial charge >= 0.3 is 0 Å². The van der Waals surface area contributed by atoms with Crippen molar-refractivity contribution in [3.8, 4) is 6.07 Å². The molecule has 2 aromatic carbocycles. The first-order valence-electron chi connectivity index (χ1n) is 9.95. The lowest BCUT2D eigenvalue weighted by atomic mass is 9.97. The molecule has 0 radical (unpaired) electrons. The van der Waals surface area contributed by atoms with E-state index in [0.717, 1.165) is 31.4 Å². The molecule has 0 aliphatic heterocycles. The van der Waals surface area contributed by atoms with Crippen LogP contribution in [-0.2, 0) is 11.2 Å². The van der Waals surface area contributed by atoms with Crippen LogP contribution in [0, 0.1) is 11.3 Å². The van der Waals surface area contributed by atoms with Crippen LogP contribution in [0.5, 0.6) is 0 Å². The van der Waals surface area contributed by atoms with Crippen LogP contribution in [0.3, 0.4) is 0 Å². The third kappa shape index (κ3) is 5.99. The fourth-order valence-corrected chi connectivity index (χ4v) is 2.91. The predicted octanol–water partition coefficient (Wildman–Crippen LogP) is 6.00. The van der Waals surface area contributed by atoms with Gasteiger partial charge in [-0.25, -0.2) is 0 Å². The quantitative estimate of drug-likeness (QED) is 0.417. The molecule has 28 heavy (non-hydrogen) atoms. The van der Waals surface area contributed by atoms with Crippen LogP contribution in [-0.4, -0.2) is 5.91 Å². The van der Waals surface area contributed by atoms with Crippen molar-refractivity contribution in [2.24, 2.45) is 0 Å². The Hall–Kier alpha value is -3.06. The molecule has 0 fully saturated rings. The van der Waals surface area contributed by atoms with Crippen molar-refractivity contribution in [3.63, 3.8) is 0 Å². The summed E-state index contributed by atoms with van der Waals surface area (Å²) in [6.07, 6.45) is 5.83. The molecule has 0 aliphatic rings. The second kappa shape index (κ2) is 10.9. The number of nitriles is 1. The molecule has 1 unspecified atom stereocenters. The van der Waals surface area contributed by atoms with E-state index in [1.165, 1.54) is 17.3 Å². The molecule has 0 spiro atoms. The fourth-order valence-electron chi connectivity index (χ4n) is 2.91. The molecule has 0 saturated carbocycles. The number of hydrogen-bond donors (Lipinski definition) is 2. The first kappa shape index (κ1) is 21.2. The first-order chi connectivity index (χ1) is 13.6. The topological polar surface area (TPSA) is 64.9 Å². The summed E-state index contributed by atoms with van der Waals surface area (Å²) in [6, 6.07) is 17.7. The Morgan fingerprint density at radius 1 is 1.14 bits per heavy atom. The maximum Gasteiger partial charge on any atom is 0.267 e. The highest BCUT2D eigenvalue weighted by molar-refractivity contribution is 6.06. The second-order valence-electron chi connectivity index (χ2n) is 6.97. The van der Waals surface area contributed by atoms with Crippen molar-refractivity contribution in [2.75, 3.05) is 10.6 Å². The highest BCUT2D eigenvalue weighted by atomic mass is 16.1. The third-order valence-electron chi connectivity index (χ3n) is 4.87. The molecule has 146 valence electrons. The van der Waals surface area contributed by atoms with Crippen LogP contribution in [0.2, 0.25) is 0 Å². The number of aryl methyl sites for hydroxylation is 1. The van der Waals surface area contributed by atoms with E-state index in [0.29, 0.717) is 11.6 Å². The summed E-state index contributed by atoms with van der Waals surface area (Å²) in [6.45, 7) is 6.46. The SMILES string of the molecule is CCCCc1ccc(NC(=O)/C(C#N)=C\Nc2ccccc2C(C)CC)cc1. The molecule has 1 amide bonds. The predicted molar refractivity (Wildman–Crippen MR) is 116 cm³/mol. The van der Waals surface area contributed by atoms with E-state index in [2.05, 4.69) is 37.5 Å². The van der Waals surface area contributed by atoms with Crippen molar-refractivity contribution >= 4 is 17.3 Å². The maximum atomic E-state index is 12.5. The minimum Gasteiger partial charge on any atom is -0.360 e.